The van der Waals surface area contributed by atoms with Gasteiger partial charge in [0, 0.05) is 22.3 Å². The van der Waals surface area contributed by atoms with E-state index in [1.807, 2.05) is 48.2 Å². The third-order valence-corrected chi connectivity index (χ3v) is 7.86. The molecule has 0 unspecified atom stereocenters. The van der Waals surface area contributed by atoms with E-state index in [9.17, 15) is 5.11 Å². The average Bonchev–Trinajstić information content (AvgIpc) is 3.23. The molecule has 4 nitrogen and oxygen atoms in total. The third kappa shape index (κ3) is 3.57. The van der Waals surface area contributed by atoms with Crippen LogP contribution in [0.15, 0.2) is 83.9 Å². The summed E-state index contributed by atoms with van der Waals surface area (Å²) in [7, 11) is 0. The molecule has 2 heterocycles. The predicted octanol–water partition coefficient (Wildman–Crippen LogP) is 7.02. The molecule has 0 amide bonds. The Morgan fingerprint density at radius 2 is 1.82 bits per heavy atom. The lowest BCUT2D eigenvalue weighted by molar-refractivity contribution is 0.410. The van der Waals surface area contributed by atoms with E-state index in [0.717, 1.165) is 22.4 Å². The van der Waals surface area contributed by atoms with Crippen LogP contribution in [0.1, 0.15) is 43.0 Å². The molecule has 0 spiro atoms. The molecule has 5 heteroatoms. The van der Waals surface area contributed by atoms with Crippen molar-refractivity contribution in [2.75, 3.05) is 0 Å². The van der Waals surface area contributed by atoms with Crippen LogP contribution in [0.4, 0.5) is 0 Å². The molecule has 1 N–H and O–H groups in total. The summed E-state index contributed by atoms with van der Waals surface area (Å²) < 4.78 is 6.06. The van der Waals surface area contributed by atoms with Crippen molar-refractivity contribution in [2.24, 2.45) is 4.99 Å². The molecule has 6 rings (SSSR count). The molecular weight excluding hydrogens is 428 g/mol. The molecular formula is C28H24N2O2S. The number of nitrogens with zero attached hydrogens (tertiary/aromatic N) is 2. The van der Waals surface area contributed by atoms with E-state index in [2.05, 4.69) is 49.2 Å². The fourth-order valence-corrected chi connectivity index (χ4v) is 6.54. The Bertz CT molecular complexity index is 1410. The number of pyridine rings is 1. The van der Waals surface area contributed by atoms with E-state index in [1.165, 1.54) is 11.1 Å². The van der Waals surface area contributed by atoms with Crippen molar-refractivity contribution in [1.82, 2.24) is 4.98 Å². The van der Waals surface area contributed by atoms with E-state index in [1.54, 1.807) is 12.1 Å². The molecule has 1 aromatic heterocycles. The summed E-state index contributed by atoms with van der Waals surface area (Å²) in [6.45, 7) is 4.67. The topological polar surface area (TPSA) is 54.7 Å². The van der Waals surface area contributed by atoms with Gasteiger partial charge in [-0.15, -0.1) is 11.8 Å². The summed E-state index contributed by atoms with van der Waals surface area (Å²) in [5.74, 6) is 1.30. The number of rotatable bonds is 3. The van der Waals surface area contributed by atoms with Crippen molar-refractivity contribution in [3.8, 4) is 17.4 Å². The second kappa shape index (κ2) is 7.63. The lowest BCUT2D eigenvalue weighted by atomic mass is 9.71. The van der Waals surface area contributed by atoms with Gasteiger partial charge in [-0.1, -0.05) is 62.4 Å². The number of para-hydroxylation sites is 1. The first-order chi connectivity index (χ1) is 16.0. The fraction of sp³-hybridized carbons (Fsp3) is 0.214. The summed E-state index contributed by atoms with van der Waals surface area (Å²) in [4.78, 5) is 9.65. The van der Waals surface area contributed by atoms with E-state index >= 15 is 0 Å². The minimum Gasteiger partial charge on any atom is -0.506 e. The highest BCUT2D eigenvalue weighted by atomic mass is 32.2. The summed E-state index contributed by atoms with van der Waals surface area (Å²) in [6, 6.07) is 26.1. The van der Waals surface area contributed by atoms with Crippen molar-refractivity contribution in [3.05, 3.63) is 95.6 Å². The monoisotopic (exact) mass is 452 g/mol. The van der Waals surface area contributed by atoms with Crippen molar-refractivity contribution >= 4 is 27.7 Å². The van der Waals surface area contributed by atoms with Gasteiger partial charge in [0.25, 0.3) is 0 Å². The van der Waals surface area contributed by atoms with Crippen molar-refractivity contribution in [2.45, 2.75) is 37.0 Å². The number of ether oxygens (including phenoxy) is 1. The van der Waals surface area contributed by atoms with Gasteiger partial charge in [-0.05, 0) is 47.2 Å². The van der Waals surface area contributed by atoms with Crippen LogP contribution in [0.3, 0.4) is 0 Å². The Labute approximate surface area is 197 Å². The normalized spacial score (nSPS) is 20.7. The van der Waals surface area contributed by atoms with E-state index in [0.29, 0.717) is 22.4 Å². The van der Waals surface area contributed by atoms with Crippen LogP contribution in [-0.4, -0.2) is 20.4 Å². The maximum Gasteiger partial charge on any atom is 0.219 e. The summed E-state index contributed by atoms with van der Waals surface area (Å²) >= 11 is 1.88. The highest BCUT2D eigenvalue weighted by Crippen LogP contribution is 2.52. The number of phenolic OH excluding ortho intramolecular Hbond substituents is 1. The molecule has 0 bridgehead atoms. The van der Waals surface area contributed by atoms with Gasteiger partial charge in [0.05, 0.1) is 11.1 Å². The van der Waals surface area contributed by atoms with E-state index < -0.39 is 0 Å². The first-order valence-electron chi connectivity index (χ1n) is 11.2. The van der Waals surface area contributed by atoms with Crippen molar-refractivity contribution in [1.29, 1.82) is 0 Å². The van der Waals surface area contributed by atoms with Crippen LogP contribution in [0.2, 0.25) is 0 Å². The Kier molecular flexibility index (Phi) is 4.70. The minimum atomic E-state index is 0.147. The van der Waals surface area contributed by atoms with Crippen molar-refractivity contribution in [3.63, 3.8) is 0 Å². The number of aliphatic imine (C=N–C) groups is 1. The molecule has 2 aliphatic rings. The maximum absolute atomic E-state index is 10.1. The largest absolute Gasteiger partial charge is 0.506 e. The molecule has 1 aliphatic carbocycles. The maximum atomic E-state index is 10.1. The molecule has 0 fully saturated rings. The van der Waals surface area contributed by atoms with Crippen LogP contribution in [0, 0.1) is 0 Å². The predicted molar refractivity (Wildman–Crippen MR) is 135 cm³/mol. The molecule has 3 aromatic carbocycles. The summed E-state index contributed by atoms with van der Waals surface area (Å²) in [6.07, 6.45) is 1.10. The van der Waals surface area contributed by atoms with Gasteiger partial charge >= 0.3 is 0 Å². The summed E-state index contributed by atoms with van der Waals surface area (Å²) in [5.41, 5.74) is 4.51. The number of thioether (sulfide) groups is 1. The Morgan fingerprint density at radius 1 is 0.970 bits per heavy atom. The highest BCUT2D eigenvalue weighted by molar-refractivity contribution is 8.15. The van der Waals surface area contributed by atoms with Gasteiger partial charge in [-0.2, -0.15) is 0 Å². The molecule has 164 valence electrons. The molecule has 4 aromatic rings. The van der Waals surface area contributed by atoms with Crippen LogP contribution in [0.25, 0.3) is 10.9 Å². The van der Waals surface area contributed by atoms with Gasteiger partial charge in [0.15, 0.2) is 0 Å². The van der Waals surface area contributed by atoms with Gasteiger partial charge < -0.3 is 9.84 Å². The lowest BCUT2D eigenvalue weighted by Gasteiger charge is -2.38. The Balaban J connectivity index is 1.30. The molecule has 33 heavy (non-hydrogen) atoms. The van der Waals surface area contributed by atoms with Crippen LogP contribution < -0.4 is 4.74 Å². The highest BCUT2D eigenvalue weighted by Gasteiger charge is 2.43. The second-order valence-corrected chi connectivity index (χ2v) is 10.6. The minimum absolute atomic E-state index is 0.147. The molecule has 2 atom stereocenters. The van der Waals surface area contributed by atoms with Crippen molar-refractivity contribution < 1.29 is 9.84 Å². The SMILES string of the molecule is CC1(C)C[C@H]2SC(c3cccc(Oc4ccc5cccc(O)c5n4)c3)=N[C@H]2c2ccccc21. The first kappa shape index (κ1) is 20.3. The zero-order chi connectivity index (χ0) is 22.6. The van der Waals surface area contributed by atoms with Gasteiger partial charge in [-0.3, -0.25) is 4.99 Å². The van der Waals surface area contributed by atoms with E-state index in [-0.39, 0.29) is 17.2 Å². The number of aromatic nitrogens is 1. The summed E-state index contributed by atoms with van der Waals surface area (Å²) in [5, 5.41) is 12.5. The zero-order valence-corrected chi connectivity index (χ0v) is 19.3. The number of hydrogen-bond acceptors (Lipinski definition) is 5. The fourth-order valence-electron chi connectivity index (χ4n) is 4.98. The molecule has 0 radical (unpaired) electrons. The molecule has 1 aliphatic heterocycles. The zero-order valence-electron chi connectivity index (χ0n) is 18.5. The van der Waals surface area contributed by atoms with E-state index in [4.69, 9.17) is 9.73 Å². The molecule has 0 saturated carbocycles. The number of aromatic hydroxyl groups is 1. The Morgan fingerprint density at radius 3 is 2.73 bits per heavy atom. The average molecular weight is 453 g/mol. The third-order valence-electron chi connectivity index (χ3n) is 6.57. The second-order valence-electron chi connectivity index (χ2n) is 9.34. The first-order valence-corrected chi connectivity index (χ1v) is 12.1. The number of phenols is 1. The van der Waals surface area contributed by atoms with Gasteiger partial charge in [-0.25, -0.2) is 4.98 Å². The number of fused-ring (bicyclic) bond motifs is 4. The van der Waals surface area contributed by atoms with Crippen LogP contribution in [0.5, 0.6) is 17.4 Å². The number of benzene rings is 3. The number of hydrogen-bond donors (Lipinski definition) is 1. The lowest BCUT2D eigenvalue weighted by Crippen LogP contribution is -2.32. The van der Waals surface area contributed by atoms with Crippen LogP contribution in [-0.2, 0) is 5.41 Å². The van der Waals surface area contributed by atoms with Crippen LogP contribution >= 0.6 is 11.8 Å². The smallest absolute Gasteiger partial charge is 0.219 e. The Hall–Kier alpha value is -3.31. The standard InChI is InChI=1S/C28H24N2O2S/c1-28(2)16-23-26(20-10-3-4-11-21(20)28)30-27(33-23)18-8-5-9-19(15-18)32-24-14-13-17-7-6-12-22(31)25(17)29-24/h3-15,23,26,31H,16H2,1-2H3/t23-,26+/m1/s1. The molecule has 0 saturated heterocycles. The quantitative estimate of drug-likeness (QED) is 0.363. The van der Waals surface area contributed by atoms with Gasteiger partial charge in [0.2, 0.25) is 5.88 Å². The van der Waals surface area contributed by atoms with Gasteiger partial charge in [0.1, 0.15) is 17.0 Å².